The largest absolute Gasteiger partial charge is 0.347 e. The van der Waals surface area contributed by atoms with Gasteiger partial charge in [0.2, 0.25) is 0 Å². The Hall–Kier alpha value is -1.55. The first-order valence-corrected chi connectivity index (χ1v) is 5.39. The molecule has 0 spiro atoms. The minimum atomic E-state index is -0.436. The van der Waals surface area contributed by atoms with E-state index in [-0.39, 0.29) is 10.6 Å². The molecule has 0 aliphatic rings. The lowest BCUT2D eigenvalue weighted by Crippen LogP contribution is -2.03. The molecule has 82 valence electrons. The maximum absolute atomic E-state index is 13.7. The van der Waals surface area contributed by atoms with E-state index < -0.39 is 5.82 Å². The van der Waals surface area contributed by atoms with Crippen LogP contribution in [0.3, 0.4) is 0 Å². The van der Waals surface area contributed by atoms with Crippen LogP contribution in [0.1, 0.15) is 24.1 Å². The first kappa shape index (κ1) is 11.0. The van der Waals surface area contributed by atoms with Crippen LogP contribution in [0.5, 0.6) is 0 Å². The van der Waals surface area contributed by atoms with Gasteiger partial charge in [-0.25, -0.2) is 9.37 Å². The summed E-state index contributed by atoms with van der Waals surface area (Å²) in [6, 6.07) is 9.71. The molecule has 1 atom stereocenters. The second kappa shape index (κ2) is 4.53. The van der Waals surface area contributed by atoms with Gasteiger partial charge < -0.3 is 4.98 Å². The number of nitrogens with zero attached hydrogens (tertiary/aromatic N) is 1. The molecule has 0 fully saturated rings. The number of H-pyrrole nitrogens is 1. The van der Waals surface area contributed by atoms with Crippen molar-refractivity contribution >= 4 is 12.2 Å². The monoisotopic (exact) mass is 234 g/mol. The molecule has 0 amide bonds. The molecule has 1 unspecified atom stereocenters. The highest BCUT2D eigenvalue weighted by atomic mass is 32.1. The minimum absolute atomic E-state index is 0.0107. The normalized spacial score (nSPS) is 12.4. The maximum Gasteiger partial charge on any atom is 0.179 e. The number of nitrogens with one attached hydrogen (secondary N) is 1. The van der Waals surface area contributed by atoms with Crippen LogP contribution in [0.2, 0.25) is 0 Å². The van der Waals surface area contributed by atoms with E-state index in [0.717, 1.165) is 5.56 Å². The van der Waals surface area contributed by atoms with Crippen molar-refractivity contribution in [2.75, 3.05) is 0 Å². The highest BCUT2D eigenvalue weighted by Gasteiger charge is 2.14. The lowest BCUT2D eigenvalue weighted by molar-refractivity contribution is 0.577. The van der Waals surface area contributed by atoms with Gasteiger partial charge in [-0.05, 0) is 5.56 Å². The van der Waals surface area contributed by atoms with Crippen molar-refractivity contribution in [2.24, 2.45) is 0 Å². The van der Waals surface area contributed by atoms with Crippen LogP contribution < -0.4 is 0 Å². The molecule has 1 aromatic heterocycles. The Labute approximate surface area is 98.2 Å². The number of halogens is 1. The van der Waals surface area contributed by atoms with E-state index >= 15 is 0 Å². The van der Waals surface area contributed by atoms with E-state index in [0.29, 0.717) is 5.69 Å². The Morgan fingerprint density at radius 1 is 1.31 bits per heavy atom. The molecule has 0 aliphatic carbocycles. The van der Waals surface area contributed by atoms with E-state index in [4.69, 9.17) is 12.2 Å². The number of aromatic nitrogens is 2. The third kappa shape index (κ3) is 2.02. The molecular weight excluding hydrogens is 223 g/mol. The van der Waals surface area contributed by atoms with Gasteiger partial charge in [-0.1, -0.05) is 49.5 Å². The summed E-state index contributed by atoms with van der Waals surface area (Å²) >= 11 is 4.80. The Morgan fingerprint density at radius 3 is 2.69 bits per heavy atom. The quantitative estimate of drug-likeness (QED) is 0.806. The van der Waals surface area contributed by atoms with Crippen molar-refractivity contribution in [3.8, 4) is 0 Å². The summed E-state index contributed by atoms with van der Waals surface area (Å²) < 4.78 is 13.8. The lowest BCUT2D eigenvalue weighted by Gasteiger charge is -2.12. The zero-order valence-electron chi connectivity index (χ0n) is 8.77. The molecular formula is C12H11FN2S. The molecule has 2 aromatic rings. The second-order valence-corrected chi connectivity index (χ2v) is 3.95. The van der Waals surface area contributed by atoms with Gasteiger partial charge in [-0.2, -0.15) is 0 Å². The molecule has 0 radical (unpaired) electrons. The van der Waals surface area contributed by atoms with E-state index in [9.17, 15) is 4.39 Å². The van der Waals surface area contributed by atoms with Crippen LogP contribution in [-0.2, 0) is 0 Å². The van der Waals surface area contributed by atoms with Gasteiger partial charge in [0.25, 0.3) is 0 Å². The number of hydrogen-bond donors (Lipinski definition) is 1. The topological polar surface area (TPSA) is 28.7 Å². The summed E-state index contributed by atoms with van der Waals surface area (Å²) in [6.45, 7) is 1.93. The van der Waals surface area contributed by atoms with Crippen molar-refractivity contribution in [1.82, 2.24) is 9.97 Å². The van der Waals surface area contributed by atoms with Crippen LogP contribution in [0.4, 0.5) is 4.39 Å². The number of hydrogen-bond acceptors (Lipinski definition) is 2. The van der Waals surface area contributed by atoms with Crippen molar-refractivity contribution in [1.29, 1.82) is 0 Å². The van der Waals surface area contributed by atoms with Crippen LogP contribution >= 0.6 is 12.2 Å². The van der Waals surface area contributed by atoms with Crippen molar-refractivity contribution in [2.45, 2.75) is 12.8 Å². The molecule has 1 heterocycles. The minimum Gasteiger partial charge on any atom is -0.347 e. The molecule has 1 aromatic carbocycles. The molecule has 16 heavy (non-hydrogen) atoms. The Kier molecular flexibility index (Phi) is 3.10. The third-order valence-corrected chi connectivity index (χ3v) is 2.84. The third-order valence-electron chi connectivity index (χ3n) is 2.56. The molecule has 0 bridgehead atoms. The predicted molar refractivity (Wildman–Crippen MR) is 63.3 cm³/mol. The van der Waals surface area contributed by atoms with Crippen LogP contribution in [-0.4, -0.2) is 9.97 Å². The fourth-order valence-electron chi connectivity index (χ4n) is 1.62. The summed E-state index contributed by atoms with van der Waals surface area (Å²) in [6.07, 6.45) is 1.43. The van der Waals surface area contributed by atoms with Crippen LogP contribution in [0.25, 0.3) is 0 Å². The summed E-state index contributed by atoms with van der Waals surface area (Å²) in [4.78, 5) is 6.52. The van der Waals surface area contributed by atoms with Gasteiger partial charge in [-0.15, -0.1) is 0 Å². The summed E-state index contributed by atoms with van der Waals surface area (Å²) in [5, 5.41) is 0. The van der Waals surface area contributed by atoms with Crippen LogP contribution in [0, 0.1) is 10.5 Å². The van der Waals surface area contributed by atoms with Gasteiger partial charge in [0.15, 0.2) is 10.5 Å². The second-order valence-electron chi connectivity index (χ2n) is 3.57. The highest BCUT2D eigenvalue weighted by molar-refractivity contribution is 7.71. The molecule has 0 saturated heterocycles. The Balaban J connectivity index is 2.46. The van der Waals surface area contributed by atoms with Crippen LogP contribution in [0.15, 0.2) is 36.7 Å². The average Bonchev–Trinajstić information content (AvgIpc) is 2.33. The van der Waals surface area contributed by atoms with Crippen molar-refractivity contribution in [3.05, 3.63) is 58.4 Å². The first-order valence-electron chi connectivity index (χ1n) is 4.98. The average molecular weight is 234 g/mol. The highest BCUT2D eigenvalue weighted by Crippen LogP contribution is 2.23. The van der Waals surface area contributed by atoms with Gasteiger partial charge in [0.1, 0.15) is 0 Å². The zero-order chi connectivity index (χ0) is 11.5. The zero-order valence-corrected chi connectivity index (χ0v) is 9.59. The van der Waals surface area contributed by atoms with E-state index in [1.165, 1.54) is 6.33 Å². The van der Waals surface area contributed by atoms with Crippen molar-refractivity contribution in [3.63, 3.8) is 0 Å². The fourth-order valence-corrected chi connectivity index (χ4v) is 1.78. The number of aromatic amines is 1. The SMILES string of the molecule is CC(c1ccccc1)c1[nH]cnc(=S)c1F. The smallest absolute Gasteiger partial charge is 0.179 e. The van der Waals surface area contributed by atoms with Gasteiger partial charge in [-0.3, -0.25) is 0 Å². The molecule has 1 N–H and O–H groups in total. The summed E-state index contributed by atoms with van der Waals surface area (Å²) in [7, 11) is 0. The molecule has 0 saturated carbocycles. The van der Waals surface area contributed by atoms with Gasteiger partial charge >= 0.3 is 0 Å². The van der Waals surface area contributed by atoms with E-state index in [2.05, 4.69) is 9.97 Å². The first-order chi connectivity index (χ1) is 7.70. The number of benzene rings is 1. The Bertz CT molecular complexity index is 536. The van der Waals surface area contributed by atoms with E-state index in [1.807, 2.05) is 37.3 Å². The molecule has 2 rings (SSSR count). The Morgan fingerprint density at radius 2 is 2.00 bits per heavy atom. The lowest BCUT2D eigenvalue weighted by atomic mass is 9.97. The van der Waals surface area contributed by atoms with E-state index in [1.54, 1.807) is 0 Å². The van der Waals surface area contributed by atoms with Crippen molar-refractivity contribution < 1.29 is 4.39 Å². The maximum atomic E-state index is 13.7. The summed E-state index contributed by atoms with van der Waals surface area (Å²) in [5.41, 5.74) is 1.52. The number of rotatable bonds is 2. The summed E-state index contributed by atoms with van der Waals surface area (Å²) in [5.74, 6) is -0.500. The molecule has 0 aliphatic heterocycles. The standard InChI is InChI=1S/C12H11FN2S/c1-8(9-5-3-2-4-6-9)11-10(13)12(16)15-7-14-11/h2-8H,1H3,(H,14,15,16). The predicted octanol–water partition coefficient (Wildman–Crippen LogP) is 3.43. The fraction of sp³-hybridized carbons (Fsp3) is 0.167. The van der Waals surface area contributed by atoms with Gasteiger partial charge in [0.05, 0.1) is 12.0 Å². The van der Waals surface area contributed by atoms with Gasteiger partial charge in [0, 0.05) is 5.92 Å². The molecule has 2 nitrogen and oxygen atoms in total. The molecule has 4 heteroatoms.